The van der Waals surface area contributed by atoms with Crippen LogP contribution in [0.2, 0.25) is 5.02 Å². The normalized spacial score (nSPS) is 16.3. The molecule has 1 aliphatic rings. The average molecular weight is 326 g/mol. The molecule has 1 fully saturated rings. The summed E-state index contributed by atoms with van der Waals surface area (Å²) in [5, 5.41) is 1.88. The lowest BCUT2D eigenvalue weighted by Crippen LogP contribution is -2.49. The monoisotopic (exact) mass is 325 g/mol. The van der Waals surface area contributed by atoms with Gasteiger partial charge in [-0.15, -0.1) is 12.4 Å². The van der Waals surface area contributed by atoms with Crippen LogP contribution in [-0.2, 0) is 0 Å². The number of aromatic nitrogens is 1. The van der Waals surface area contributed by atoms with Gasteiger partial charge in [0.1, 0.15) is 5.82 Å². The molecule has 0 saturated carbocycles. The third-order valence-electron chi connectivity index (χ3n) is 4.01. The second-order valence-corrected chi connectivity index (χ2v) is 6.06. The van der Waals surface area contributed by atoms with Crippen molar-refractivity contribution in [2.75, 3.05) is 31.1 Å². The Kier molecular flexibility index (Phi) is 5.31. The van der Waals surface area contributed by atoms with Gasteiger partial charge in [0.05, 0.1) is 5.52 Å². The van der Waals surface area contributed by atoms with E-state index in [-0.39, 0.29) is 12.4 Å². The Bertz CT molecular complexity index is 607. The Morgan fingerprint density at radius 1 is 1.05 bits per heavy atom. The maximum Gasteiger partial charge on any atom is 0.129 e. The SMILES string of the molecule is CC(C)N1CCN(c2ccc3ccc(Cl)cc3n2)CC1.Cl. The number of halogens is 2. The summed E-state index contributed by atoms with van der Waals surface area (Å²) in [6.07, 6.45) is 0. The molecule has 0 N–H and O–H groups in total. The Morgan fingerprint density at radius 3 is 2.38 bits per heavy atom. The highest BCUT2D eigenvalue weighted by Gasteiger charge is 2.19. The number of rotatable bonds is 2. The molecule has 0 unspecified atom stereocenters. The molecule has 1 aliphatic heterocycles. The van der Waals surface area contributed by atoms with Crippen LogP contribution in [0.3, 0.4) is 0 Å². The molecule has 3 rings (SSSR count). The van der Waals surface area contributed by atoms with E-state index in [9.17, 15) is 0 Å². The van der Waals surface area contributed by atoms with Gasteiger partial charge in [-0.25, -0.2) is 4.98 Å². The summed E-state index contributed by atoms with van der Waals surface area (Å²) in [7, 11) is 0. The van der Waals surface area contributed by atoms with Crippen molar-refractivity contribution >= 4 is 40.7 Å². The Hall–Kier alpha value is -1.03. The summed E-state index contributed by atoms with van der Waals surface area (Å²) in [6.45, 7) is 8.80. The van der Waals surface area contributed by atoms with E-state index >= 15 is 0 Å². The van der Waals surface area contributed by atoms with Gasteiger partial charge in [-0.2, -0.15) is 0 Å². The average Bonchev–Trinajstić information content (AvgIpc) is 2.46. The molecule has 0 spiro atoms. The molecule has 0 bridgehead atoms. The topological polar surface area (TPSA) is 19.4 Å². The summed E-state index contributed by atoms with van der Waals surface area (Å²) >= 11 is 6.05. The molecule has 1 aromatic heterocycles. The van der Waals surface area contributed by atoms with Gasteiger partial charge in [0, 0.05) is 42.6 Å². The Balaban J connectivity index is 0.00000161. The molecule has 1 aromatic carbocycles. The molecule has 5 heteroatoms. The van der Waals surface area contributed by atoms with Crippen molar-refractivity contribution in [1.29, 1.82) is 0 Å². The largest absolute Gasteiger partial charge is 0.354 e. The van der Waals surface area contributed by atoms with E-state index in [1.165, 1.54) is 0 Å². The first-order chi connectivity index (χ1) is 9.63. The first-order valence-electron chi connectivity index (χ1n) is 7.19. The Morgan fingerprint density at radius 2 is 1.71 bits per heavy atom. The fourth-order valence-corrected chi connectivity index (χ4v) is 2.89. The van der Waals surface area contributed by atoms with Gasteiger partial charge in [-0.05, 0) is 38.1 Å². The third-order valence-corrected chi connectivity index (χ3v) is 4.24. The van der Waals surface area contributed by atoms with Crippen molar-refractivity contribution < 1.29 is 0 Å². The third kappa shape index (κ3) is 3.60. The van der Waals surface area contributed by atoms with Gasteiger partial charge in [0.2, 0.25) is 0 Å². The molecular weight excluding hydrogens is 305 g/mol. The van der Waals surface area contributed by atoms with Gasteiger partial charge in [-0.1, -0.05) is 17.7 Å². The summed E-state index contributed by atoms with van der Waals surface area (Å²) in [5.74, 6) is 1.06. The summed E-state index contributed by atoms with van der Waals surface area (Å²) in [5.41, 5.74) is 0.973. The molecule has 2 heterocycles. The number of nitrogens with zero attached hydrogens (tertiary/aromatic N) is 3. The van der Waals surface area contributed by atoms with Gasteiger partial charge in [0.25, 0.3) is 0 Å². The van der Waals surface area contributed by atoms with Crippen LogP contribution >= 0.6 is 24.0 Å². The van der Waals surface area contributed by atoms with Crippen LogP contribution in [0.5, 0.6) is 0 Å². The van der Waals surface area contributed by atoms with E-state index in [1.807, 2.05) is 18.2 Å². The van der Waals surface area contributed by atoms with Crippen LogP contribution < -0.4 is 4.90 Å². The van der Waals surface area contributed by atoms with E-state index < -0.39 is 0 Å². The fourth-order valence-electron chi connectivity index (χ4n) is 2.72. The van der Waals surface area contributed by atoms with E-state index in [0.717, 1.165) is 47.9 Å². The predicted molar refractivity (Wildman–Crippen MR) is 92.9 cm³/mol. The minimum absolute atomic E-state index is 0. The molecular formula is C16H21Cl2N3. The molecule has 0 amide bonds. The quantitative estimate of drug-likeness (QED) is 0.836. The lowest BCUT2D eigenvalue weighted by Gasteiger charge is -2.37. The zero-order chi connectivity index (χ0) is 14.1. The number of anilines is 1. The van der Waals surface area contributed by atoms with Crippen LogP contribution in [0.1, 0.15) is 13.8 Å². The van der Waals surface area contributed by atoms with Gasteiger partial charge >= 0.3 is 0 Å². The van der Waals surface area contributed by atoms with E-state index in [0.29, 0.717) is 6.04 Å². The highest BCUT2D eigenvalue weighted by molar-refractivity contribution is 6.31. The maximum atomic E-state index is 6.05. The number of benzene rings is 1. The molecule has 0 aliphatic carbocycles. The molecule has 0 radical (unpaired) electrons. The number of hydrogen-bond acceptors (Lipinski definition) is 3. The lowest BCUT2D eigenvalue weighted by atomic mass is 10.2. The van der Waals surface area contributed by atoms with Crippen molar-refractivity contribution in [3.63, 3.8) is 0 Å². The summed E-state index contributed by atoms with van der Waals surface area (Å²) < 4.78 is 0. The van der Waals surface area contributed by atoms with E-state index in [2.05, 4.69) is 35.8 Å². The van der Waals surface area contributed by atoms with Crippen LogP contribution in [-0.4, -0.2) is 42.1 Å². The zero-order valence-corrected chi connectivity index (χ0v) is 14.0. The zero-order valence-electron chi connectivity index (χ0n) is 12.4. The maximum absolute atomic E-state index is 6.05. The van der Waals surface area contributed by atoms with Crippen molar-refractivity contribution in [3.8, 4) is 0 Å². The number of fused-ring (bicyclic) bond motifs is 1. The molecule has 2 aromatic rings. The van der Waals surface area contributed by atoms with Gasteiger partial charge in [0.15, 0.2) is 0 Å². The van der Waals surface area contributed by atoms with Crippen molar-refractivity contribution in [1.82, 2.24) is 9.88 Å². The minimum Gasteiger partial charge on any atom is -0.354 e. The van der Waals surface area contributed by atoms with E-state index in [4.69, 9.17) is 16.6 Å². The first-order valence-corrected chi connectivity index (χ1v) is 7.56. The number of pyridine rings is 1. The van der Waals surface area contributed by atoms with Crippen LogP contribution in [0.25, 0.3) is 10.9 Å². The molecule has 0 atom stereocenters. The number of hydrogen-bond donors (Lipinski definition) is 0. The molecule has 1 saturated heterocycles. The van der Waals surface area contributed by atoms with Gasteiger partial charge in [-0.3, -0.25) is 4.90 Å². The molecule has 21 heavy (non-hydrogen) atoms. The molecule has 114 valence electrons. The van der Waals surface area contributed by atoms with Crippen LogP contribution in [0, 0.1) is 0 Å². The first kappa shape index (κ1) is 16.3. The van der Waals surface area contributed by atoms with Crippen LogP contribution in [0.15, 0.2) is 30.3 Å². The standard InChI is InChI=1S/C16H20ClN3.ClH/c1-12(2)19-7-9-20(10-8-19)16-6-4-13-3-5-14(17)11-15(13)18-16;/h3-6,11-12H,7-10H2,1-2H3;1H. The highest BCUT2D eigenvalue weighted by Crippen LogP contribution is 2.22. The van der Waals surface area contributed by atoms with Crippen molar-refractivity contribution in [2.45, 2.75) is 19.9 Å². The van der Waals surface area contributed by atoms with Crippen molar-refractivity contribution in [2.24, 2.45) is 0 Å². The molecule has 3 nitrogen and oxygen atoms in total. The second kappa shape index (κ2) is 6.82. The summed E-state index contributed by atoms with van der Waals surface area (Å²) in [4.78, 5) is 9.62. The Labute approximate surface area is 137 Å². The minimum atomic E-state index is 0. The van der Waals surface area contributed by atoms with Crippen LogP contribution in [0.4, 0.5) is 5.82 Å². The number of piperazine rings is 1. The smallest absolute Gasteiger partial charge is 0.129 e. The summed E-state index contributed by atoms with van der Waals surface area (Å²) in [6, 6.07) is 10.7. The fraction of sp³-hybridized carbons (Fsp3) is 0.438. The van der Waals surface area contributed by atoms with E-state index in [1.54, 1.807) is 0 Å². The predicted octanol–water partition coefficient (Wildman–Crippen LogP) is 3.84. The lowest BCUT2D eigenvalue weighted by molar-refractivity contribution is 0.209. The highest BCUT2D eigenvalue weighted by atomic mass is 35.5. The van der Waals surface area contributed by atoms with Gasteiger partial charge < -0.3 is 4.90 Å². The second-order valence-electron chi connectivity index (χ2n) is 5.62. The van der Waals surface area contributed by atoms with Crippen molar-refractivity contribution in [3.05, 3.63) is 35.4 Å².